The third kappa shape index (κ3) is 2.22. The SMILES string of the molecule is CC(C)c1ccc2c(c1)C(=O)N(c1ccccc1)CC2. The summed E-state index contributed by atoms with van der Waals surface area (Å²) >= 11 is 0. The van der Waals surface area contributed by atoms with E-state index >= 15 is 0 Å². The molecule has 0 fully saturated rings. The monoisotopic (exact) mass is 265 g/mol. The average Bonchev–Trinajstić information content (AvgIpc) is 2.48. The molecule has 3 rings (SSSR count). The first-order valence-corrected chi connectivity index (χ1v) is 7.16. The lowest BCUT2D eigenvalue weighted by Crippen LogP contribution is -2.37. The molecule has 0 atom stereocenters. The van der Waals surface area contributed by atoms with Gasteiger partial charge in [0.25, 0.3) is 5.91 Å². The molecule has 2 aromatic carbocycles. The van der Waals surface area contributed by atoms with Crippen molar-refractivity contribution in [3.63, 3.8) is 0 Å². The molecule has 0 saturated carbocycles. The van der Waals surface area contributed by atoms with Crippen molar-refractivity contribution in [1.29, 1.82) is 0 Å². The third-order valence-corrected chi connectivity index (χ3v) is 3.95. The number of carbonyl (C=O) groups excluding carboxylic acids is 1. The van der Waals surface area contributed by atoms with Gasteiger partial charge in [-0.3, -0.25) is 4.79 Å². The lowest BCUT2D eigenvalue weighted by atomic mass is 9.93. The maximum atomic E-state index is 12.7. The van der Waals surface area contributed by atoms with E-state index in [0.29, 0.717) is 5.92 Å². The van der Waals surface area contributed by atoms with Crippen LogP contribution >= 0.6 is 0 Å². The van der Waals surface area contributed by atoms with Gasteiger partial charge >= 0.3 is 0 Å². The number of fused-ring (bicyclic) bond motifs is 1. The second-order valence-electron chi connectivity index (χ2n) is 5.61. The van der Waals surface area contributed by atoms with E-state index in [2.05, 4.69) is 32.0 Å². The molecule has 1 heterocycles. The lowest BCUT2D eigenvalue weighted by Gasteiger charge is -2.29. The van der Waals surface area contributed by atoms with Gasteiger partial charge in [0.1, 0.15) is 0 Å². The summed E-state index contributed by atoms with van der Waals surface area (Å²) < 4.78 is 0. The van der Waals surface area contributed by atoms with Gasteiger partial charge in [-0.05, 0) is 41.7 Å². The minimum absolute atomic E-state index is 0.125. The van der Waals surface area contributed by atoms with E-state index in [1.807, 2.05) is 35.2 Å². The van der Waals surface area contributed by atoms with Gasteiger partial charge in [-0.25, -0.2) is 0 Å². The van der Waals surface area contributed by atoms with E-state index in [1.54, 1.807) is 0 Å². The van der Waals surface area contributed by atoms with Crippen LogP contribution in [0.3, 0.4) is 0 Å². The van der Waals surface area contributed by atoms with Crippen molar-refractivity contribution in [1.82, 2.24) is 0 Å². The van der Waals surface area contributed by atoms with Crippen LogP contribution in [0.1, 0.15) is 41.3 Å². The smallest absolute Gasteiger partial charge is 0.258 e. The first-order valence-electron chi connectivity index (χ1n) is 7.16. The van der Waals surface area contributed by atoms with Crippen molar-refractivity contribution in [2.75, 3.05) is 11.4 Å². The summed E-state index contributed by atoms with van der Waals surface area (Å²) in [6, 6.07) is 16.2. The van der Waals surface area contributed by atoms with Crippen LogP contribution in [-0.2, 0) is 6.42 Å². The number of hydrogen-bond acceptors (Lipinski definition) is 1. The highest BCUT2D eigenvalue weighted by Gasteiger charge is 2.25. The second kappa shape index (κ2) is 5.12. The minimum Gasteiger partial charge on any atom is -0.308 e. The second-order valence-corrected chi connectivity index (χ2v) is 5.61. The van der Waals surface area contributed by atoms with E-state index in [4.69, 9.17) is 0 Å². The molecule has 1 aliphatic heterocycles. The van der Waals surface area contributed by atoms with Crippen molar-refractivity contribution in [3.8, 4) is 0 Å². The summed E-state index contributed by atoms with van der Waals surface area (Å²) in [7, 11) is 0. The number of amides is 1. The van der Waals surface area contributed by atoms with E-state index in [-0.39, 0.29) is 5.91 Å². The molecule has 102 valence electrons. The summed E-state index contributed by atoms with van der Waals surface area (Å²) in [6.07, 6.45) is 0.925. The number of carbonyl (C=O) groups is 1. The van der Waals surface area contributed by atoms with Gasteiger partial charge in [0, 0.05) is 17.8 Å². The van der Waals surface area contributed by atoms with Crippen molar-refractivity contribution in [2.24, 2.45) is 0 Å². The molecule has 2 aromatic rings. The largest absolute Gasteiger partial charge is 0.308 e. The zero-order chi connectivity index (χ0) is 14.1. The number of nitrogens with zero attached hydrogens (tertiary/aromatic N) is 1. The van der Waals surface area contributed by atoms with Crippen molar-refractivity contribution in [3.05, 3.63) is 65.2 Å². The van der Waals surface area contributed by atoms with Gasteiger partial charge in [0.15, 0.2) is 0 Å². The van der Waals surface area contributed by atoms with Crippen LogP contribution < -0.4 is 4.90 Å². The molecule has 0 aromatic heterocycles. The van der Waals surface area contributed by atoms with Crippen molar-refractivity contribution in [2.45, 2.75) is 26.2 Å². The predicted molar refractivity (Wildman–Crippen MR) is 82.4 cm³/mol. The highest BCUT2D eigenvalue weighted by Crippen LogP contribution is 2.27. The molecule has 0 saturated heterocycles. The molecule has 1 aliphatic rings. The summed E-state index contributed by atoms with van der Waals surface area (Å²) in [5.41, 5.74) is 4.25. The van der Waals surface area contributed by atoms with Gasteiger partial charge in [-0.1, -0.05) is 44.2 Å². The van der Waals surface area contributed by atoms with Crippen LogP contribution in [0, 0.1) is 0 Å². The lowest BCUT2D eigenvalue weighted by molar-refractivity contribution is 0.0980. The van der Waals surface area contributed by atoms with Gasteiger partial charge in [0.05, 0.1) is 0 Å². The maximum Gasteiger partial charge on any atom is 0.258 e. The zero-order valence-electron chi connectivity index (χ0n) is 12.0. The quantitative estimate of drug-likeness (QED) is 0.803. The van der Waals surface area contributed by atoms with Crippen LogP contribution in [0.4, 0.5) is 5.69 Å². The Labute approximate surface area is 120 Å². The molecule has 0 unspecified atom stereocenters. The molecule has 2 heteroatoms. The van der Waals surface area contributed by atoms with E-state index < -0.39 is 0 Å². The van der Waals surface area contributed by atoms with Gasteiger partial charge in [0.2, 0.25) is 0 Å². The van der Waals surface area contributed by atoms with E-state index in [1.165, 1.54) is 11.1 Å². The third-order valence-electron chi connectivity index (χ3n) is 3.95. The summed E-state index contributed by atoms with van der Waals surface area (Å²) in [4.78, 5) is 14.6. The van der Waals surface area contributed by atoms with Crippen molar-refractivity contribution < 1.29 is 4.79 Å². The van der Waals surface area contributed by atoms with Crippen LogP contribution in [-0.4, -0.2) is 12.5 Å². The number of anilines is 1. The number of hydrogen-bond donors (Lipinski definition) is 0. The number of para-hydroxylation sites is 1. The molecule has 0 radical (unpaired) electrons. The van der Waals surface area contributed by atoms with Crippen LogP contribution in [0.5, 0.6) is 0 Å². The molecular formula is C18H19NO. The molecular weight excluding hydrogens is 246 g/mol. The maximum absolute atomic E-state index is 12.7. The Morgan fingerprint density at radius 1 is 1.05 bits per heavy atom. The molecule has 0 spiro atoms. The Morgan fingerprint density at radius 2 is 1.80 bits per heavy atom. The summed E-state index contributed by atoms with van der Waals surface area (Å²) in [6.45, 7) is 5.07. The fourth-order valence-electron chi connectivity index (χ4n) is 2.70. The Kier molecular flexibility index (Phi) is 3.31. The molecule has 0 aliphatic carbocycles. The zero-order valence-corrected chi connectivity index (χ0v) is 12.0. The Hall–Kier alpha value is -2.09. The van der Waals surface area contributed by atoms with Gasteiger partial charge in [-0.15, -0.1) is 0 Å². The molecule has 1 amide bonds. The van der Waals surface area contributed by atoms with Gasteiger partial charge in [-0.2, -0.15) is 0 Å². The molecule has 20 heavy (non-hydrogen) atoms. The predicted octanol–water partition coefficient (Wildman–Crippen LogP) is 4.01. The molecule has 0 N–H and O–H groups in total. The van der Waals surface area contributed by atoms with E-state index in [0.717, 1.165) is 24.2 Å². The Morgan fingerprint density at radius 3 is 2.50 bits per heavy atom. The summed E-state index contributed by atoms with van der Waals surface area (Å²) in [5.74, 6) is 0.570. The topological polar surface area (TPSA) is 20.3 Å². The molecule has 0 bridgehead atoms. The Balaban J connectivity index is 1.99. The van der Waals surface area contributed by atoms with Crippen LogP contribution in [0.25, 0.3) is 0 Å². The average molecular weight is 265 g/mol. The summed E-state index contributed by atoms with van der Waals surface area (Å²) in [5, 5.41) is 0. The number of benzene rings is 2. The highest BCUT2D eigenvalue weighted by atomic mass is 16.2. The van der Waals surface area contributed by atoms with Crippen LogP contribution in [0.15, 0.2) is 48.5 Å². The number of rotatable bonds is 2. The first kappa shape index (κ1) is 12.9. The van der Waals surface area contributed by atoms with Crippen LogP contribution in [0.2, 0.25) is 0 Å². The fraction of sp³-hybridized carbons (Fsp3) is 0.278. The van der Waals surface area contributed by atoms with E-state index in [9.17, 15) is 4.79 Å². The molecule has 2 nitrogen and oxygen atoms in total. The Bertz CT molecular complexity index is 631. The standard InChI is InChI=1S/C18H19NO/c1-13(2)15-9-8-14-10-11-19(18(20)17(14)12-15)16-6-4-3-5-7-16/h3-9,12-13H,10-11H2,1-2H3. The van der Waals surface area contributed by atoms with Crippen molar-refractivity contribution >= 4 is 11.6 Å². The highest BCUT2D eigenvalue weighted by molar-refractivity contribution is 6.08. The minimum atomic E-state index is 0.125. The fourth-order valence-corrected chi connectivity index (χ4v) is 2.70. The van der Waals surface area contributed by atoms with Gasteiger partial charge < -0.3 is 4.90 Å². The first-order chi connectivity index (χ1) is 9.66. The normalized spacial score (nSPS) is 14.6.